The van der Waals surface area contributed by atoms with E-state index in [1.54, 1.807) is 0 Å². The lowest BCUT2D eigenvalue weighted by molar-refractivity contribution is 0.0959. The smallest absolute Gasteiger partial charge is 0.162 e. The summed E-state index contributed by atoms with van der Waals surface area (Å²) in [6.07, 6.45) is 4.47. The largest absolute Gasteiger partial charge is 0.301 e. The van der Waals surface area contributed by atoms with Gasteiger partial charge in [-0.3, -0.25) is 9.69 Å². The molecule has 0 spiro atoms. The topological polar surface area (TPSA) is 23.6 Å². The van der Waals surface area contributed by atoms with Gasteiger partial charge in [-0.2, -0.15) is 0 Å². The first kappa shape index (κ1) is 13.8. The SMILES string of the molecule is O=C(CCCN1CCN(C2CC2)CC1)c1ccccc1. The zero-order chi connectivity index (χ0) is 13.8. The molecule has 1 heterocycles. The average Bonchev–Trinajstić information content (AvgIpc) is 3.33. The molecule has 1 saturated carbocycles. The molecule has 0 radical (unpaired) electrons. The Hall–Kier alpha value is -1.19. The number of nitrogens with zero attached hydrogens (tertiary/aromatic N) is 2. The van der Waals surface area contributed by atoms with Crippen LogP contribution >= 0.6 is 0 Å². The van der Waals surface area contributed by atoms with Crippen molar-refractivity contribution in [1.29, 1.82) is 0 Å². The Labute approximate surface area is 121 Å². The fourth-order valence-corrected chi connectivity index (χ4v) is 3.02. The Kier molecular flexibility index (Phi) is 4.48. The van der Waals surface area contributed by atoms with Crippen molar-refractivity contribution in [3.8, 4) is 0 Å². The lowest BCUT2D eigenvalue weighted by Crippen LogP contribution is -2.47. The number of ketones is 1. The normalized spacial score (nSPS) is 21.0. The van der Waals surface area contributed by atoms with E-state index >= 15 is 0 Å². The molecule has 2 fully saturated rings. The summed E-state index contributed by atoms with van der Waals surface area (Å²) in [5.41, 5.74) is 0.853. The Morgan fingerprint density at radius 1 is 1.05 bits per heavy atom. The molecule has 1 saturated heterocycles. The predicted octanol–water partition coefficient (Wildman–Crippen LogP) is 2.43. The van der Waals surface area contributed by atoms with Crippen molar-refractivity contribution in [3.05, 3.63) is 35.9 Å². The van der Waals surface area contributed by atoms with Crippen LogP contribution in [0.2, 0.25) is 0 Å². The van der Waals surface area contributed by atoms with Crippen molar-refractivity contribution < 1.29 is 4.79 Å². The summed E-state index contributed by atoms with van der Waals surface area (Å²) in [5, 5.41) is 0. The maximum Gasteiger partial charge on any atom is 0.162 e. The Morgan fingerprint density at radius 3 is 2.40 bits per heavy atom. The highest BCUT2D eigenvalue weighted by Crippen LogP contribution is 2.27. The number of hydrogen-bond donors (Lipinski definition) is 0. The number of carbonyl (C=O) groups is 1. The van der Waals surface area contributed by atoms with Crippen molar-refractivity contribution >= 4 is 5.78 Å². The fraction of sp³-hybridized carbons (Fsp3) is 0.588. The monoisotopic (exact) mass is 272 g/mol. The zero-order valence-electron chi connectivity index (χ0n) is 12.1. The molecular weight excluding hydrogens is 248 g/mol. The molecule has 3 heteroatoms. The van der Waals surface area contributed by atoms with Gasteiger partial charge in [-0.15, -0.1) is 0 Å². The Bertz CT molecular complexity index is 434. The van der Waals surface area contributed by atoms with E-state index in [0.717, 1.165) is 24.6 Å². The Balaban J connectivity index is 1.35. The highest BCUT2D eigenvalue weighted by molar-refractivity contribution is 5.95. The number of carbonyl (C=O) groups excluding carboxylic acids is 1. The van der Waals surface area contributed by atoms with Gasteiger partial charge in [-0.25, -0.2) is 0 Å². The first-order chi connectivity index (χ1) is 9.83. The number of hydrogen-bond acceptors (Lipinski definition) is 3. The number of rotatable bonds is 6. The molecule has 3 nitrogen and oxygen atoms in total. The molecule has 0 unspecified atom stereocenters. The van der Waals surface area contributed by atoms with E-state index in [1.807, 2.05) is 30.3 Å². The second-order valence-electron chi connectivity index (χ2n) is 6.00. The summed E-state index contributed by atoms with van der Waals surface area (Å²) in [6, 6.07) is 10.6. The van der Waals surface area contributed by atoms with Crippen molar-refractivity contribution in [1.82, 2.24) is 9.80 Å². The highest BCUT2D eigenvalue weighted by atomic mass is 16.1. The molecule has 0 bridgehead atoms. The third-order valence-corrected chi connectivity index (χ3v) is 4.44. The van der Waals surface area contributed by atoms with E-state index in [9.17, 15) is 4.79 Å². The van der Waals surface area contributed by atoms with Crippen LogP contribution in [0, 0.1) is 0 Å². The molecule has 0 amide bonds. The minimum atomic E-state index is 0.280. The summed E-state index contributed by atoms with van der Waals surface area (Å²) in [5.74, 6) is 0.280. The second kappa shape index (κ2) is 6.51. The number of benzene rings is 1. The number of Topliss-reactive ketones (excluding diaryl/α,β-unsaturated/α-hetero) is 1. The van der Waals surface area contributed by atoms with E-state index in [1.165, 1.54) is 39.0 Å². The third kappa shape index (κ3) is 3.68. The molecule has 1 aromatic carbocycles. The minimum Gasteiger partial charge on any atom is -0.301 e. The maximum atomic E-state index is 12.0. The zero-order valence-corrected chi connectivity index (χ0v) is 12.1. The quantitative estimate of drug-likeness (QED) is 0.743. The standard InChI is InChI=1S/C17H24N2O/c20-17(15-5-2-1-3-6-15)7-4-10-18-11-13-19(14-12-18)16-8-9-16/h1-3,5-6,16H,4,7-14H2. The van der Waals surface area contributed by atoms with Crippen LogP contribution in [0.25, 0.3) is 0 Å². The fourth-order valence-electron chi connectivity index (χ4n) is 3.02. The summed E-state index contributed by atoms with van der Waals surface area (Å²) in [6.45, 7) is 5.86. The van der Waals surface area contributed by atoms with Crippen molar-refractivity contribution in [3.63, 3.8) is 0 Å². The molecule has 1 aliphatic carbocycles. The van der Waals surface area contributed by atoms with Crippen LogP contribution in [-0.4, -0.2) is 54.3 Å². The van der Waals surface area contributed by atoms with Gasteiger partial charge in [0.05, 0.1) is 0 Å². The average molecular weight is 272 g/mol. The minimum absolute atomic E-state index is 0.280. The first-order valence-electron chi connectivity index (χ1n) is 7.87. The molecule has 108 valence electrons. The van der Waals surface area contributed by atoms with Crippen LogP contribution in [0.5, 0.6) is 0 Å². The molecule has 1 aromatic rings. The van der Waals surface area contributed by atoms with Crippen LogP contribution in [0.15, 0.2) is 30.3 Å². The van der Waals surface area contributed by atoms with E-state index in [0.29, 0.717) is 6.42 Å². The molecule has 0 N–H and O–H groups in total. The van der Waals surface area contributed by atoms with Gasteiger partial charge in [0.2, 0.25) is 0 Å². The van der Waals surface area contributed by atoms with Gasteiger partial charge in [0, 0.05) is 44.2 Å². The van der Waals surface area contributed by atoms with Gasteiger partial charge in [0.25, 0.3) is 0 Å². The Morgan fingerprint density at radius 2 is 1.75 bits per heavy atom. The van der Waals surface area contributed by atoms with E-state index < -0.39 is 0 Å². The molecule has 1 aliphatic heterocycles. The van der Waals surface area contributed by atoms with Crippen LogP contribution in [0.1, 0.15) is 36.0 Å². The lowest BCUT2D eigenvalue weighted by Gasteiger charge is -2.34. The van der Waals surface area contributed by atoms with Gasteiger partial charge >= 0.3 is 0 Å². The summed E-state index contributed by atoms with van der Waals surface area (Å²) >= 11 is 0. The lowest BCUT2D eigenvalue weighted by atomic mass is 10.1. The molecule has 0 atom stereocenters. The van der Waals surface area contributed by atoms with Gasteiger partial charge in [-0.05, 0) is 25.8 Å². The van der Waals surface area contributed by atoms with Crippen LogP contribution < -0.4 is 0 Å². The van der Waals surface area contributed by atoms with E-state index in [4.69, 9.17) is 0 Å². The molecule has 3 rings (SSSR count). The summed E-state index contributed by atoms with van der Waals surface area (Å²) in [7, 11) is 0. The van der Waals surface area contributed by atoms with Gasteiger partial charge in [0.15, 0.2) is 5.78 Å². The van der Waals surface area contributed by atoms with E-state index in [-0.39, 0.29) is 5.78 Å². The summed E-state index contributed by atoms with van der Waals surface area (Å²) in [4.78, 5) is 17.2. The molecule has 2 aliphatic rings. The second-order valence-corrected chi connectivity index (χ2v) is 6.00. The van der Waals surface area contributed by atoms with Crippen molar-refractivity contribution in [2.24, 2.45) is 0 Å². The molecule has 0 aromatic heterocycles. The van der Waals surface area contributed by atoms with Crippen LogP contribution in [0.4, 0.5) is 0 Å². The number of piperazine rings is 1. The molecular formula is C17H24N2O. The third-order valence-electron chi connectivity index (χ3n) is 4.44. The maximum absolute atomic E-state index is 12.0. The van der Waals surface area contributed by atoms with Crippen molar-refractivity contribution in [2.45, 2.75) is 31.7 Å². The first-order valence-corrected chi connectivity index (χ1v) is 7.87. The highest BCUT2D eigenvalue weighted by Gasteiger charge is 2.30. The van der Waals surface area contributed by atoms with E-state index in [2.05, 4.69) is 9.80 Å². The van der Waals surface area contributed by atoms with Gasteiger partial charge in [0.1, 0.15) is 0 Å². The summed E-state index contributed by atoms with van der Waals surface area (Å²) < 4.78 is 0. The van der Waals surface area contributed by atoms with Crippen molar-refractivity contribution in [2.75, 3.05) is 32.7 Å². The van der Waals surface area contributed by atoms with Crippen LogP contribution in [-0.2, 0) is 0 Å². The van der Waals surface area contributed by atoms with Gasteiger partial charge in [-0.1, -0.05) is 30.3 Å². The van der Waals surface area contributed by atoms with Gasteiger partial charge < -0.3 is 4.90 Å². The molecule has 20 heavy (non-hydrogen) atoms. The van der Waals surface area contributed by atoms with Crippen LogP contribution in [0.3, 0.4) is 0 Å². The predicted molar refractivity (Wildman–Crippen MR) is 81.0 cm³/mol.